The molecule has 1 aromatic heterocycles. The summed E-state index contributed by atoms with van der Waals surface area (Å²) in [5.74, 6) is 0. The number of nitrogens with one attached hydrogen (secondary N) is 2. The highest BCUT2D eigenvalue weighted by Gasteiger charge is 2.38. The molecule has 0 aromatic carbocycles. The van der Waals surface area contributed by atoms with Crippen LogP contribution >= 0.6 is 12.2 Å². The number of rotatable bonds is 2. The van der Waals surface area contributed by atoms with Gasteiger partial charge in [-0.15, -0.1) is 0 Å². The molecule has 0 amide bonds. The molecule has 1 aliphatic carbocycles. The minimum absolute atomic E-state index is 0.00463. The molecule has 0 bridgehead atoms. The number of aromatic amines is 2. The average molecular weight is 199 g/mol. The topological polar surface area (TPSA) is 53.6 Å². The van der Waals surface area contributed by atoms with E-state index in [9.17, 15) is 4.79 Å². The molecule has 0 spiro atoms. The number of aromatic nitrogens is 3. The van der Waals surface area contributed by atoms with Crippen molar-refractivity contribution in [3.8, 4) is 0 Å². The molecule has 1 saturated carbocycles. The van der Waals surface area contributed by atoms with Crippen LogP contribution in [0.3, 0.4) is 0 Å². The van der Waals surface area contributed by atoms with Gasteiger partial charge in [-0.25, -0.2) is 9.89 Å². The normalized spacial score (nSPS) is 19.8. The van der Waals surface area contributed by atoms with Gasteiger partial charge in [0.1, 0.15) is 0 Å². The molecule has 72 valence electrons. The molecule has 1 heterocycles. The summed E-state index contributed by atoms with van der Waals surface area (Å²) in [7, 11) is 0. The first-order valence-corrected chi connectivity index (χ1v) is 5.01. The second-order valence-electron chi connectivity index (χ2n) is 3.63. The van der Waals surface area contributed by atoms with Crippen molar-refractivity contribution in [1.82, 2.24) is 14.8 Å². The molecular formula is C8H13N3OS. The maximum atomic E-state index is 11.4. The number of hydrogen-bond donors (Lipinski definition) is 2. The van der Waals surface area contributed by atoms with Crippen molar-refractivity contribution >= 4 is 12.2 Å². The number of nitrogens with zero attached hydrogens (tertiary/aromatic N) is 1. The molecule has 2 N–H and O–H groups in total. The van der Waals surface area contributed by atoms with Crippen LogP contribution in [-0.4, -0.2) is 14.8 Å². The van der Waals surface area contributed by atoms with E-state index in [4.69, 9.17) is 12.2 Å². The average Bonchev–Trinajstić information content (AvgIpc) is 2.35. The summed E-state index contributed by atoms with van der Waals surface area (Å²) in [6.07, 6.45) is 4.31. The summed E-state index contributed by atoms with van der Waals surface area (Å²) >= 11 is 5.06. The van der Waals surface area contributed by atoms with Crippen LogP contribution in [0.2, 0.25) is 0 Å². The van der Waals surface area contributed by atoms with Crippen molar-refractivity contribution in [1.29, 1.82) is 0 Å². The third-order valence-electron chi connectivity index (χ3n) is 3.10. The summed E-state index contributed by atoms with van der Waals surface area (Å²) in [5, 5.41) is 5.21. The van der Waals surface area contributed by atoms with Gasteiger partial charge in [-0.05, 0) is 37.9 Å². The first kappa shape index (κ1) is 8.74. The fourth-order valence-electron chi connectivity index (χ4n) is 2.06. The third-order valence-corrected chi connectivity index (χ3v) is 3.38. The van der Waals surface area contributed by atoms with Gasteiger partial charge >= 0.3 is 5.69 Å². The Hall–Kier alpha value is -0.840. The highest BCUT2D eigenvalue weighted by Crippen LogP contribution is 2.40. The van der Waals surface area contributed by atoms with Crippen molar-refractivity contribution in [2.45, 2.75) is 38.1 Å². The van der Waals surface area contributed by atoms with Gasteiger partial charge in [0.15, 0.2) is 4.77 Å². The van der Waals surface area contributed by atoms with Gasteiger partial charge in [0.2, 0.25) is 0 Å². The van der Waals surface area contributed by atoms with Crippen LogP contribution in [0.1, 0.15) is 32.6 Å². The maximum Gasteiger partial charge on any atom is 0.342 e. The lowest BCUT2D eigenvalue weighted by Crippen LogP contribution is -2.45. The molecule has 0 atom stereocenters. The zero-order valence-corrected chi connectivity index (χ0v) is 8.41. The maximum absolute atomic E-state index is 11.4. The van der Waals surface area contributed by atoms with Crippen molar-refractivity contribution in [3.63, 3.8) is 0 Å². The Morgan fingerprint density at radius 2 is 2.23 bits per heavy atom. The minimum Gasteiger partial charge on any atom is -0.272 e. The Bertz CT molecular complexity index is 377. The smallest absolute Gasteiger partial charge is 0.272 e. The molecule has 0 radical (unpaired) electrons. The molecule has 0 aliphatic heterocycles. The second kappa shape index (κ2) is 2.83. The fourth-order valence-corrected chi connectivity index (χ4v) is 2.39. The van der Waals surface area contributed by atoms with Crippen molar-refractivity contribution < 1.29 is 0 Å². The number of hydrogen-bond acceptors (Lipinski definition) is 2. The van der Waals surface area contributed by atoms with Crippen LogP contribution in [0.5, 0.6) is 0 Å². The Morgan fingerprint density at radius 1 is 1.54 bits per heavy atom. The van der Waals surface area contributed by atoms with Crippen LogP contribution in [0.4, 0.5) is 0 Å². The van der Waals surface area contributed by atoms with E-state index in [1.54, 1.807) is 4.57 Å². The Kier molecular flexibility index (Phi) is 1.91. The highest BCUT2D eigenvalue weighted by molar-refractivity contribution is 7.71. The lowest BCUT2D eigenvalue weighted by atomic mass is 9.75. The molecule has 0 saturated heterocycles. The summed E-state index contributed by atoms with van der Waals surface area (Å²) in [6.45, 7) is 2.10. The molecule has 0 unspecified atom stereocenters. The Morgan fingerprint density at radius 3 is 2.54 bits per heavy atom. The largest absolute Gasteiger partial charge is 0.342 e. The van der Waals surface area contributed by atoms with Crippen LogP contribution < -0.4 is 5.69 Å². The lowest BCUT2D eigenvalue weighted by Gasteiger charge is -2.41. The summed E-state index contributed by atoms with van der Waals surface area (Å²) < 4.78 is 2.22. The van der Waals surface area contributed by atoms with Crippen LogP contribution in [0.25, 0.3) is 0 Å². The lowest BCUT2D eigenvalue weighted by molar-refractivity contribution is 0.129. The molecule has 4 nitrogen and oxygen atoms in total. The van der Waals surface area contributed by atoms with Crippen molar-refractivity contribution in [2.24, 2.45) is 0 Å². The first-order valence-electron chi connectivity index (χ1n) is 4.60. The van der Waals surface area contributed by atoms with E-state index >= 15 is 0 Å². The van der Waals surface area contributed by atoms with E-state index in [1.807, 2.05) is 0 Å². The predicted molar refractivity (Wildman–Crippen MR) is 52.4 cm³/mol. The summed E-state index contributed by atoms with van der Waals surface area (Å²) in [5.41, 5.74) is -0.100. The Balaban J connectivity index is 2.55. The van der Waals surface area contributed by atoms with Gasteiger partial charge in [0.25, 0.3) is 0 Å². The highest BCUT2D eigenvalue weighted by atomic mass is 32.1. The molecule has 1 aliphatic rings. The number of H-pyrrole nitrogens is 2. The quantitative estimate of drug-likeness (QED) is 0.710. The van der Waals surface area contributed by atoms with E-state index in [0.29, 0.717) is 4.77 Å². The van der Waals surface area contributed by atoms with Gasteiger partial charge in [-0.3, -0.25) is 9.67 Å². The molecule has 5 heteroatoms. The van der Waals surface area contributed by atoms with E-state index < -0.39 is 0 Å². The fraction of sp³-hybridized carbons (Fsp3) is 0.750. The van der Waals surface area contributed by atoms with Crippen molar-refractivity contribution in [2.75, 3.05) is 0 Å². The third kappa shape index (κ3) is 1.10. The molecular weight excluding hydrogens is 186 g/mol. The molecule has 1 fully saturated rings. The van der Waals surface area contributed by atoms with E-state index in [0.717, 1.165) is 19.3 Å². The van der Waals surface area contributed by atoms with Gasteiger partial charge < -0.3 is 0 Å². The molecule has 1 aromatic rings. The van der Waals surface area contributed by atoms with E-state index in [2.05, 4.69) is 17.1 Å². The van der Waals surface area contributed by atoms with E-state index in [1.165, 1.54) is 6.42 Å². The van der Waals surface area contributed by atoms with Crippen LogP contribution in [-0.2, 0) is 5.54 Å². The summed E-state index contributed by atoms with van der Waals surface area (Å²) in [4.78, 5) is 11.4. The van der Waals surface area contributed by atoms with Gasteiger partial charge in [-0.1, -0.05) is 6.92 Å². The second-order valence-corrected chi connectivity index (χ2v) is 4.01. The summed E-state index contributed by atoms with van der Waals surface area (Å²) in [6, 6.07) is 0. The molecule has 13 heavy (non-hydrogen) atoms. The van der Waals surface area contributed by atoms with Gasteiger partial charge in [-0.2, -0.15) is 0 Å². The SMILES string of the molecule is CCC1(n2c(=O)[nH][nH]c2=S)CCC1. The van der Waals surface area contributed by atoms with Crippen molar-refractivity contribution in [3.05, 3.63) is 15.3 Å². The zero-order chi connectivity index (χ0) is 9.47. The zero-order valence-electron chi connectivity index (χ0n) is 7.59. The van der Waals surface area contributed by atoms with Gasteiger partial charge in [0, 0.05) is 0 Å². The van der Waals surface area contributed by atoms with Crippen LogP contribution in [0.15, 0.2) is 4.79 Å². The molecule has 2 rings (SSSR count). The standard InChI is InChI=1S/C8H13N3OS/c1-2-8(4-3-5-8)11-6(12)9-10-7(11)13/h2-5H2,1H3,(H,9,12)(H,10,13). The minimum atomic E-state index is -0.105. The first-order chi connectivity index (χ1) is 6.19. The van der Waals surface area contributed by atoms with E-state index in [-0.39, 0.29) is 11.2 Å². The Labute approximate surface area is 81.0 Å². The monoisotopic (exact) mass is 199 g/mol. The van der Waals surface area contributed by atoms with Crippen LogP contribution in [0, 0.1) is 4.77 Å². The van der Waals surface area contributed by atoms with Gasteiger partial charge in [0.05, 0.1) is 5.54 Å². The predicted octanol–water partition coefficient (Wildman–Crippen LogP) is 1.52.